The zero-order valence-electron chi connectivity index (χ0n) is 10.6. The number of anilines is 1. The summed E-state index contributed by atoms with van der Waals surface area (Å²) in [6, 6.07) is 2.51. The number of rotatable bonds is 4. The number of carbonyl (C=O) groups is 1. The first kappa shape index (κ1) is 15.4. The Kier molecular flexibility index (Phi) is 4.31. The number of carbonyl (C=O) groups excluding carboxylic acids is 1. The van der Waals surface area contributed by atoms with E-state index >= 15 is 0 Å². The number of aromatic hydroxyl groups is 1. The van der Waals surface area contributed by atoms with Gasteiger partial charge in [-0.15, -0.1) is 0 Å². The van der Waals surface area contributed by atoms with Gasteiger partial charge in [0.25, 0.3) is 5.91 Å². The number of hydrogen-bond donors (Lipinski definition) is 3. The third kappa shape index (κ3) is 3.17. The number of hydrazone groups is 1. The molecule has 0 saturated carbocycles. The summed E-state index contributed by atoms with van der Waals surface area (Å²) in [6.45, 7) is 0. The largest absolute Gasteiger partial charge is 0.502 e. The smallest absolute Gasteiger partial charge is 0.312 e. The minimum atomic E-state index is -0.793. The van der Waals surface area contributed by atoms with Gasteiger partial charge in [0.15, 0.2) is 0 Å². The quantitative estimate of drug-likeness (QED) is 0.402. The minimum Gasteiger partial charge on any atom is -0.502 e. The summed E-state index contributed by atoms with van der Waals surface area (Å²) in [5.74, 6) is -1.60. The van der Waals surface area contributed by atoms with Crippen LogP contribution in [0.3, 0.4) is 0 Å². The van der Waals surface area contributed by atoms with Gasteiger partial charge < -0.3 is 10.8 Å². The normalized spacial score (nSPS) is 10.8. The molecule has 1 heterocycles. The van der Waals surface area contributed by atoms with Crippen molar-refractivity contribution in [3.8, 4) is 5.75 Å². The van der Waals surface area contributed by atoms with Crippen LogP contribution < -0.4 is 11.2 Å². The molecule has 0 aliphatic carbocycles. The van der Waals surface area contributed by atoms with Gasteiger partial charge in [-0.2, -0.15) is 5.10 Å². The molecule has 11 nitrogen and oxygen atoms in total. The summed E-state index contributed by atoms with van der Waals surface area (Å²) in [6.07, 6.45) is 1.02. The monoisotopic (exact) mass is 370 g/mol. The molecule has 0 saturated heterocycles. The summed E-state index contributed by atoms with van der Waals surface area (Å²) < 4.78 is 4.61. The van der Waals surface area contributed by atoms with Crippen molar-refractivity contribution >= 4 is 39.6 Å². The van der Waals surface area contributed by atoms with E-state index in [0.29, 0.717) is 4.47 Å². The molecule has 1 amide bonds. The lowest BCUT2D eigenvalue weighted by Gasteiger charge is -2.01. The molecular formula is C10H7BrN6O5. The van der Waals surface area contributed by atoms with Crippen LogP contribution in [-0.4, -0.2) is 32.5 Å². The first-order valence-electron chi connectivity index (χ1n) is 5.48. The van der Waals surface area contributed by atoms with Gasteiger partial charge in [0.05, 0.1) is 11.1 Å². The Morgan fingerprint density at radius 3 is 2.86 bits per heavy atom. The zero-order valence-corrected chi connectivity index (χ0v) is 12.1. The Balaban J connectivity index is 2.19. The predicted octanol–water partition coefficient (Wildman–Crippen LogP) is 0.792. The summed E-state index contributed by atoms with van der Waals surface area (Å²) in [7, 11) is 0. The molecule has 0 fully saturated rings. The third-order valence-electron chi connectivity index (χ3n) is 2.38. The second-order valence-corrected chi connectivity index (χ2v) is 4.73. The molecule has 0 aliphatic rings. The molecule has 12 heteroatoms. The molecule has 22 heavy (non-hydrogen) atoms. The van der Waals surface area contributed by atoms with E-state index in [9.17, 15) is 20.0 Å². The van der Waals surface area contributed by atoms with E-state index in [1.807, 2.05) is 0 Å². The van der Waals surface area contributed by atoms with E-state index in [0.717, 1.165) is 12.3 Å². The van der Waals surface area contributed by atoms with Gasteiger partial charge in [0.1, 0.15) is 0 Å². The second kappa shape index (κ2) is 6.17. The summed E-state index contributed by atoms with van der Waals surface area (Å²) in [5.41, 5.74) is 6.63. The van der Waals surface area contributed by atoms with Gasteiger partial charge >= 0.3 is 5.69 Å². The van der Waals surface area contributed by atoms with Crippen LogP contribution in [0.5, 0.6) is 5.75 Å². The van der Waals surface area contributed by atoms with Crippen molar-refractivity contribution in [2.75, 3.05) is 5.73 Å². The van der Waals surface area contributed by atoms with Crippen LogP contribution in [0, 0.1) is 10.1 Å². The molecule has 4 N–H and O–H groups in total. The first-order valence-corrected chi connectivity index (χ1v) is 6.27. The number of nitrogens with two attached hydrogens (primary N) is 1. The number of nitro groups is 1. The van der Waals surface area contributed by atoms with Crippen molar-refractivity contribution < 1.29 is 19.5 Å². The van der Waals surface area contributed by atoms with Gasteiger partial charge in [-0.3, -0.25) is 14.9 Å². The van der Waals surface area contributed by atoms with E-state index in [-0.39, 0.29) is 17.1 Å². The maximum atomic E-state index is 11.6. The van der Waals surface area contributed by atoms with Gasteiger partial charge in [-0.1, -0.05) is 15.9 Å². The van der Waals surface area contributed by atoms with Crippen molar-refractivity contribution in [1.29, 1.82) is 0 Å². The lowest BCUT2D eigenvalue weighted by Crippen LogP contribution is -2.19. The number of amides is 1. The zero-order chi connectivity index (χ0) is 16.3. The molecule has 1 aromatic heterocycles. The fourth-order valence-electron chi connectivity index (χ4n) is 1.41. The van der Waals surface area contributed by atoms with Crippen LogP contribution in [-0.2, 0) is 0 Å². The van der Waals surface area contributed by atoms with Crippen molar-refractivity contribution in [1.82, 2.24) is 15.7 Å². The van der Waals surface area contributed by atoms with E-state index < -0.39 is 22.3 Å². The van der Waals surface area contributed by atoms with Crippen molar-refractivity contribution in [3.05, 3.63) is 38.0 Å². The number of nitro benzene ring substituents is 1. The van der Waals surface area contributed by atoms with Crippen LogP contribution >= 0.6 is 15.9 Å². The Hall–Kier alpha value is -3.02. The molecule has 1 aromatic carbocycles. The molecule has 0 radical (unpaired) electrons. The van der Waals surface area contributed by atoms with E-state index in [1.54, 1.807) is 0 Å². The Morgan fingerprint density at radius 1 is 1.55 bits per heavy atom. The molecule has 0 unspecified atom stereocenters. The molecule has 0 aliphatic heterocycles. The average molecular weight is 371 g/mol. The summed E-state index contributed by atoms with van der Waals surface area (Å²) in [4.78, 5) is 21.6. The topological polar surface area (TPSA) is 170 Å². The molecular weight excluding hydrogens is 364 g/mol. The van der Waals surface area contributed by atoms with Gasteiger partial charge in [-0.05, 0) is 16.4 Å². The Labute approximate surface area is 130 Å². The third-order valence-corrected chi connectivity index (χ3v) is 2.84. The number of phenolic OH excluding ortho intramolecular Hbond substituents is 1. The highest BCUT2D eigenvalue weighted by Crippen LogP contribution is 2.32. The van der Waals surface area contributed by atoms with Crippen molar-refractivity contribution in [2.45, 2.75) is 0 Å². The number of nitrogens with zero attached hydrogens (tertiary/aromatic N) is 4. The fraction of sp³-hybridized carbons (Fsp3) is 0. The molecule has 0 atom stereocenters. The number of phenols is 1. The standard InChI is InChI=1S/C10H7BrN6O5/c11-5-1-4(8(18)6(2-5)17(20)21)3-13-14-10(19)7-9(12)16-22-15-7/h1-3,18H,(H2,12,16)(H,14,19)/b13-3+. The lowest BCUT2D eigenvalue weighted by molar-refractivity contribution is -0.385. The van der Waals surface area contributed by atoms with Crippen LogP contribution in [0.1, 0.15) is 16.1 Å². The number of nitrogens with one attached hydrogen (secondary N) is 1. The molecule has 2 aromatic rings. The van der Waals surface area contributed by atoms with E-state index in [2.05, 4.69) is 41.4 Å². The van der Waals surface area contributed by atoms with Crippen LogP contribution in [0.4, 0.5) is 11.5 Å². The molecule has 0 spiro atoms. The molecule has 2 rings (SSSR count). The highest BCUT2D eigenvalue weighted by atomic mass is 79.9. The van der Waals surface area contributed by atoms with Crippen LogP contribution in [0.25, 0.3) is 0 Å². The predicted molar refractivity (Wildman–Crippen MR) is 76.2 cm³/mol. The van der Waals surface area contributed by atoms with E-state index in [1.165, 1.54) is 6.07 Å². The average Bonchev–Trinajstić information content (AvgIpc) is 2.88. The summed E-state index contributed by atoms with van der Waals surface area (Å²) >= 11 is 3.07. The summed E-state index contributed by atoms with van der Waals surface area (Å²) in [5, 5.41) is 30.6. The van der Waals surface area contributed by atoms with Crippen molar-refractivity contribution in [3.63, 3.8) is 0 Å². The molecule has 114 valence electrons. The molecule has 0 bridgehead atoms. The number of halogens is 1. The maximum Gasteiger partial charge on any atom is 0.312 e. The van der Waals surface area contributed by atoms with Crippen LogP contribution in [0.15, 0.2) is 26.3 Å². The number of hydrogen-bond acceptors (Lipinski definition) is 9. The fourth-order valence-corrected chi connectivity index (χ4v) is 1.87. The Morgan fingerprint density at radius 2 is 2.27 bits per heavy atom. The number of aromatic nitrogens is 2. The van der Waals surface area contributed by atoms with Crippen molar-refractivity contribution in [2.24, 2.45) is 5.10 Å². The van der Waals surface area contributed by atoms with Gasteiger partial charge in [0.2, 0.25) is 17.3 Å². The van der Waals surface area contributed by atoms with E-state index in [4.69, 9.17) is 5.73 Å². The second-order valence-electron chi connectivity index (χ2n) is 3.82. The number of nitrogen functional groups attached to an aromatic ring is 1. The number of benzene rings is 1. The highest BCUT2D eigenvalue weighted by molar-refractivity contribution is 9.10. The van der Waals surface area contributed by atoms with Gasteiger partial charge in [-0.25, -0.2) is 10.1 Å². The highest BCUT2D eigenvalue weighted by Gasteiger charge is 2.18. The maximum absolute atomic E-state index is 11.6. The van der Waals surface area contributed by atoms with Gasteiger partial charge in [0, 0.05) is 16.1 Å². The van der Waals surface area contributed by atoms with Crippen LogP contribution in [0.2, 0.25) is 0 Å². The SMILES string of the molecule is Nc1nonc1C(=O)N/N=C/c1cc(Br)cc([N+](=O)[O-])c1O. The first-order chi connectivity index (χ1) is 10.4. The Bertz CT molecular complexity index is 773. The lowest BCUT2D eigenvalue weighted by atomic mass is 10.2. The minimum absolute atomic E-state index is 0.0209.